The molecule has 0 bridgehead atoms. The third-order valence-electron chi connectivity index (χ3n) is 9.34. The maximum atomic E-state index is 5.15. The Morgan fingerprint density at radius 2 is 0.925 bits per heavy atom. The summed E-state index contributed by atoms with van der Waals surface area (Å²) in [4.78, 5) is 37.9. The molecular formula is C44H27N9. The Hall–Kier alpha value is -7.52. The zero-order valence-electron chi connectivity index (χ0n) is 28.1. The molecule has 0 atom stereocenters. The van der Waals surface area contributed by atoms with Crippen LogP contribution in [0.25, 0.3) is 95.4 Å². The second-order valence-electron chi connectivity index (χ2n) is 12.6. The molecule has 7 aromatic heterocycles. The van der Waals surface area contributed by atoms with Crippen molar-refractivity contribution in [2.24, 2.45) is 0 Å². The van der Waals surface area contributed by atoms with Gasteiger partial charge in [-0.25, -0.2) is 19.9 Å². The summed E-state index contributed by atoms with van der Waals surface area (Å²) >= 11 is 0. The van der Waals surface area contributed by atoms with E-state index in [1.807, 2.05) is 91.5 Å². The molecule has 9 heteroatoms. The predicted molar refractivity (Wildman–Crippen MR) is 207 cm³/mol. The fourth-order valence-corrected chi connectivity index (χ4v) is 6.70. The predicted octanol–water partition coefficient (Wildman–Crippen LogP) is 9.41. The lowest BCUT2D eigenvalue weighted by atomic mass is 10.1. The molecule has 0 radical (unpaired) electrons. The number of nitrogens with zero attached hydrogens (tertiary/aromatic N) is 9. The summed E-state index contributed by atoms with van der Waals surface area (Å²) in [6.07, 6.45) is 10.8. The minimum absolute atomic E-state index is 0.447. The average Bonchev–Trinajstić information content (AvgIpc) is 3.64. The van der Waals surface area contributed by atoms with Gasteiger partial charge in [-0.2, -0.15) is 0 Å². The molecule has 9 nitrogen and oxygen atoms in total. The SMILES string of the molecule is c1cncc(-c2ccc(-c3nc(-c4ccc(-c5nc6ccccc6n6c5cc5ccccc56)cc4)nc(-c4ccc(-c5cccnc5)cn4)n3)nc2)c1. The van der Waals surface area contributed by atoms with Crippen LogP contribution in [0.1, 0.15) is 0 Å². The molecule has 0 aliphatic carbocycles. The summed E-state index contributed by atoms with van der Waals surface area (Å²) in [5, 5.41) is 1.16. The van der Waals surface area contributed by atoms with Gasteiger partial charge in [-0.1, -0.05) is 78.9 Å². The van der Waals surface area contributed by atoms with E-state index in [1.54, 1.807) is 12.4 Å². The Morgan fingerprint density at radius 3 is 1.53 bits per heavy atom. The van der Waals surface area contributed by atoms with Gasteiger partial charge in [-0.3, -0.25) is 19.9 Å². The summed E-state index contributed by atoms with van der Waals surface area (Å²) in [7, 11) is 0. The summed E-state index contributed by atoms with van der Waals surface area (Å²) in [6, 6.07) is 42.8. The molecule has 7 heterocycles. The molecule has 0 aliphatic heterocycles. The van der Waals surface area contributed by atoms with Crippen LogP contribution >= 0.6 is 0 Å². The summed E-state index contributed by atoms with van der Waals surface area (Å²) in [6.45, 7) is 0. The Balaban J connectivity index is 1.07. The molecule has 53 heavy (non-hydrogen) atoms. The van der Waals surface area contributed by atoms with Crippen LogP contribution < -0.4 is 0 Å². The van der Waals surface area contributed by atoms with Crippen LogP contribution in [0.4, 0.5) is 0 Å². The van der Waals surface area contributed by atoms with Crippen LogP contribution in [0.2, 0.25) is 0 Å². The fourth-order valence-electron chi connectivity index (χ4n) is 6.70. The lowest BCUT2D eigenvalue weighted by molar-refractivity contribution is 1.05. The molecule has 0 amide bonds. The zero-order chi connectivity index (χ0) is 35.1. The standard InChI is InChI=1S/C44H27N9/c1-3-11-38-30(7-1)23-40-41(49-35-10-2-4-12-39(35)53(38)40)28-13-15-29(16-14-28)42-50-43(36-19-17-33(26-47-36)31-8-5-21-45-24-31)52-44(51-42)37-20-18-34(27-48-37)32-9-6-22-46-25-32/h1-27H. The highest BCUT2D eigenvalue weighted by Crippen LogP contribution is 2.33. The van der Waals surface area contributed by atoms with E-state index in [-0.39, 0.29) is 0 Å². The Kier molecular flexibility index (Phi) is 7.25. The molecule has 0 spiro atoms. The van der Waals surface area contributed by atoms with Gasteiger partial charge < -0.3 is 4.40 Å². The molecule has 10 aromatic rings. The normalized spacial score (nSPS) is 11.4. The Morgan fingerprint density at radius 1 is 0.377 bits per heavy atom. The van der Waals surface area contributed by atoms with Gasteiger partial charge >= 0.3 is 0 Å². The van der Waals surface area contributed by atoms with Crippen LogP contribution in [0.5, 0.6) is 0 Å². The molecule has 10 rings (SSSR count). The number of hydrogen-bond donors (Lipinski definition) is 0. The van der Waals surface area contributed by atoms with E-state index in [4.69, 9.17) is 29.9 Å². The number of pyridine rings is 4. The van der Waals surface area contributed by atoms with Crippen molar-refractivity contribution in [3.63, 3.8) is 0 Å². The highest BCUT2D eigenvalue weighted by molar-refractivity contribution is 5.98. The molecule has 0 N–H and O–H groups in total. The third-order valence-corrected chi connectivity index (χ3v) is 9.34. The van der Waals surface area contributed by atoms with Gasteiger partial charge in [0.05, 0.1) is 27.8 Å². The highest BCUT2D eigenvalue weighted by atomic mass is 15.1. The number of para-hydroxylation sites is 3. The van der Waals surface area contributed by atoms with E-state index in [9.17, 15) is 0 Å². The van der Waals surface area contributed by atoms with Gasteiger partial charge in [0.25, 0.3) is 0 Å². The number of fused-ring (bicyclic) bond motifs is 5. The first kappa shape index (κ1) is 30.3. The molecule has 0 fully saturated rings. The first-order chi connectivity index (χ1) is 26.2. The molecular weight excluding hydrogens is 655 g/mol. The lowest BCUT2D eigenvalue weighted by Gasteiger charge is -2.11. The second kappa shape index (κ2) is 12.7. The average molecular weight is 682 g/mol. The largest absolute Gasteiger partial charge is 0.306 e. The summed E-state index contributed by atoms with van der Waals surface area (Å²) in [5.41, 5.74) is 12.0. The molecule has 248 valence electrons. The highest BCUT2D eigenvalue weighted by Gasteiger charge is 2.17. The van der Waals surface area contributed by atoms with Crippen molar-refractivity contribution in [1.29, 1.82) is 0 Å². The maximum absolute atomic E-state index is 5.15. The summed E-state index contributed by atoms with van der Waals surface area (Å²) < 4.78 is 2.30. The van der Waals surface area contributed by atoms with E-state index in [1.165, 1.54) is 0 Å². The van der Waals surface area contributed by atoms with E-state index < -0.39 is 0 Å². The monoisotopic (exact) mass is 681 g/mol. The van der Waals surface area contributed by atoms with Crippen molar-refractivity contribution in [2.75, 3.05) is 0 Å². The van der Waals surface area contributed by atoms with Crippen LogP contribution in [0, 0.1) is 0 Å². The van der Waals surface area contributed by atoms with Gasteiger partial charge in [0, 0.05) is 75.9 Å². The van der Waals surface area contributed by atoms with Crippen molar-refractivity contribution < 1.29 is 0 Å². The zero-order valence-corrected chi connectivity index (χ0v) is 28.1. The minimum atomic E-state index is 0.447. The number of aromatic nitrogens is 9. The van der Waals surface area contributed by atoms with Crippen molar-refractivity contribution in [2.45, 2.75) is 0 Å². The van der Waals surface area contributed by atoms with Gasteiger partial charge in [0.1, 0.15) is 11.4 Å². The van der Waals surface area contributed by atoms with E-state index in [0.717, 1.165) is 66.5 Å². The Labute approximate surface area is 303 Å². The second-order valence-corrected chi connectivity index (χ2v) is 12.6. The molecule has 0 aliphatic rings. The van der Waals surface area contributed by atoms with Crippen LogP contribution in [-0.2, 0) is 0 Å². The lowest BCUT2D eigenvalue weighted by Crippen LogP contribution is -2.02. The molecule has 0 saturated carbocycles. The smallest absolute Gasteiger partial charge is 0.182 e. The number of hydrogen-bond acceptors (Lipinski definition) is 8. The minimum Gasteiger partial charge on any atom is -0.306 e. The van der Waals surface area contributed by atoms with Crippen LogP contribution in [-0.4, -0.2) is 44.3 Å². The fraction of sp³-hybridized carbons (Fsp3) is 0. The van der Waals surface area contributed by atoms with E-state index in [2.05, 4.69) is 75.0 Å². The van der Waals surface area contributed by atoms with Gasteiger partial charge in [0.15, 0.2) is 17.5 Å². The molecule has 3 aromatic carbocycles. The maximum Gasteiger partial charge on any atom is 0.182 e. The van der Waals surface area contributed by atoms with Crippen molar-refractivity contribution in [1.82, 2.24) is 44.3 Å². The van der Waals surface area contributed by atoms with Gasteiger partial charge in [-0.15, -0.1) is 0 Å². The van der Waals surface area contributed by atoms with E-state index >= 15 is 0 Å². The first-order valence-corrected chi connectivity index (χ1v) is 17.1. The summed E-state index contributed by atoms with van der Waals surface area (Å²) in [5.74, 6) is 1.41. The van der Waals surface area contributed by atoms with Crippen molar-refractivity contribution >= 4 is 27.5 Å². The topological polar surface area (TPSA) is 108 Å². The molecule has 0 unspecified atom stereocenters. The van der Waals surface area contributed by atoms with E-state index in [0.29, 0.717) is 28.9 Å². The van der Waals surface area contributed by atoms with Crippen LogP contribution in [0.3, 0.4) is 0 Å². The number of benzene rings is 3. The quantitative estimate of drug-likeness (QED) is 0.171. The van der Waals surface area contributed by atoms with Crippen molar-refractivity contribution in [3.05, 3.63) is 165 Å². The van der Waals surface area contributed by atoms with Gasteiger partial charge in [-0.05, 0) is 48.5 Å². The number of rotatable bonds is 6. The third kappa shape index (κ3) is 5.53. The molecule has 0 saturated heterocycles. The first-order valence-electron chi connectivity index (χ1n) is 17.1. The van der Waals surface area contributed by atoms with Gasteiger partial charge in [0.2, 0.25) is 0 Å². The van der Waals surface area contributed by atoms with Crippen LogP contribution in [0.15, 0.2) is 165 Å². The van der Waals surface area contributed by atoms with Crippen molar-refractivity contribution in [3.8, 4) is 67.9 Å². The Bertz CT molecular complexity index is 2810.